The molecule has 0 saturated carbocycles. The van der Waals surface area contributed by atoms with Gasteiger partial charge in [-0.15, -0.1) is 0 Å². The number of carbonyl (C=O) groups excluding carboxylic acids is 2. The minimum absolute atomic E-state index is 0.0215. The molecule has 1 amide bonds. The lowest BCUT2D eigenvalue weighted by Gasteiger charge is -2.11. The summed E-state index contributed by atoms with van der Waals surface area (Å²) in [4.78, 5) is 23.2. The second-order valence-electron chi connectivity index (χ2n) is 4.87. The maximum atomic E-state index is 13.5. The van der Waals surface area contributed by atoms with Gasteiger partial charge in [0.05, 0.1) is 17.1 Å². The lowest BCUT2D eigenvalue weighted by Crippen LogP contribution is -2.38. The maximum Gasteiger partial charge on any atom is 0.341 e. The van der Waals surface area contributed by atoms with Gasteiger partial charge in [-0.2, -0.15) is 0 Å². The van der Waals surface area contributed by atoms with E-state index in [2.05, 4.69) is 10.1 Å². The summed E-state index contributed by atoms with van der Waals surface area (Å²) in [5.74, 6) is -2.58. The molecular formula is C13H13ClFNO5S. The first-order chi connectivity index (χ1) is 10.3. The van der Waals surface area contributed by atoms with E-state index in [0.29, 0.717) is 6.42 Å². The second kappa shape index (κ2) is 6.62. The summed E-state index contributed by atoms with van der Waals surface area (Å²) in [6.45, 7) is -0.614. The van der Waals surface area contributed by atoms with Crippen LogP contribution in [-0.2, 0) is 19.4 Å². The second-order valence-corrected chi connectivity index (χ2v) is 7.53. The standard InChI is InChI=1S/C13H13ClFNO5S/c14-8-1-2-10(11(15)5-8)13(18)21-6-12(17)16-9-3-4-22(19,20)7-9/h1-2,5,9H,3-4,6-7H2,(H,16,17)/t9-/m1/s1. The zero-order chi connectivity index (χ0) is 16.3. The van der Waals surface area contributed by atoms with Gasteiger partial charge in [-0.05, 0) is 24.6 Å². The van der Waals surface area contributed by atoms with Gasteiger partial charge in [0.2, 0.25) is 0 Å². The van der Waals surface area contributed by atoms with Crippen LogP contribution in [0.15, 0.2) is 18.2 Å². The summed E-state index contributed by atoms with van der Waals surface area (Å²) >= 11 is 5.56. The Kier molecular flexibility index (Phi) is 5.02. The largest absolute Gasteiger partial charge is 0.452 e. The van der Waals surface area contributed by atoms with Crippen LogP contribution in [-0.4, -0.2) is 44.4 Å². The number of rotatable bonds is 4. The molecule has 1 heterocycles. The number of nitrogens with one attached hydrogen (secondary N) is 1. The zero-order valence-corrected chi connectivity index (χ0v) is 12.9. The molecule has 0 unspecified atom stereocenters. The Morgan fingerprint density at radius 1 is 1.41 bits per heavy atom. The van der Waals surface area contributed by atoms with Gasteiger partial charge in [-0.1, -0.05) is 11.6 Å². The Bertz CT molecular complexity index is 706. The van der Waals surface area contributed by atoms with Crippen LogP contribution in [0.2, 0.25) is 5.02 Å². The van der Waals surface area contributed by atoms with Crippen molar-refractivity contribution in [3.8, 4) is 0 Å². The molecule has 1 fully saturated rings. The van der Waals surface area contributed by atoms with Crippen molar-refractivity contribution in [2.45, 2.75) is 12.5 Å². The highest BCUT2D eigenvalue weighted by atomic mass is 35.5. The van der Waals surface area contributed by atoms with Gasteiger partial charge in [0.1, 0.15) is 5.82 Å². The lowest BCUT2D eigenvalue weighted by molar-refractivity contribution is -0.124. The van der Waals surface area contributed by atoms with Crippen molar-refractivity contribution in [2.24, 2.45) is 0 Å². The molecule has 1 saturated heterocycles. The van der Waals surface area contributed by atoms with Crippen LogP contribution < -0.4 is 5.32 Å². The van der Waals surface area contributed by atoms with Crippen molar-refractivity contribution in [1.29, 1.82) is 0 Å². The van der Waals surface area contributed by atoms with Crippen molar-refractivity contribution >= 4 is 33.3 Å². The molecule has 1 aliphatic heterocycles. The van der Waals surface area contributed by atoms with Crippen LogP contribution in [0.25, 0.3) is 0 Å². The fourth-order valence-corrected chi connectivity index (χ4v) is 3.87. The SMILES string of the molecule is O=C(COC(=O)c1ccc(Cl)cc1F)N[C@@H]1CCS(=O)(=O)C1. The molecule has 1 aromatic rings. The molecule has 0 bridgehead atoms. The summed E-state index contributed by atoms with van der Waals surface area (Å²) in [6, 6.07) is 2.96. The average molecular weight is 350 g/mol. The first kappa shape index (κ1) is 16.7. The summed E-state index contributed by atoms with van der Waals surface area (Å²) in [7, 11) is -3.11. The van der Waals surface area contributed by atoms with Crippen LogP contribution >= 0.6 is 11.6 Å². The van der Waals surface area contributed by atoms with E-state index in [9.17, 15) is 22.4 Å². The van der Waals surface area contributed by atoms with Crippen LogP contribution in [0.4, 0.5) is 4.39 Å². The summed E-state index contributed by atoms with van der Waals surface area (Å²) in [5, 5.41) is 2.59. The first-order valence-corrected chi connectivity index (χ1v) is 8.59. The van der Waals surface area contributed by atoms with E-state index in [-0.39, 0.29) is 22.1 Å². The van der Waals surface area contributed by atoms with Gasteiger partial charge < -0.3 is 10.1 Å². The number of sulfone groups is 1. The first-order valence-electron chi connectivity index (χ1n) is 6.39. The lowest BCUT2D eigenvalue weighted by atomic mass is 10.2. The molecule has 1 aliphatic rings. The number of carbonyl (C=O) groups is 2. The highest BCUT2D eigenvalue weighted by Crippen LogP contribution is 2.15. The Labute approximate surface area is 131 Å². The number of hydrogen-bond donors (Lipinski definition) is 1. The minimum atomic E-state index is -3.11. The number of halogens is 2. The molecule has 6 nitrogen and oxygen atoms in total. The third-order valence-corrected chi connectivity index (χ3v) is 5.09. The van der Waals surface area contributed by atoms with E-state index >= 15 is 0 Å². The molecule has 1 atom stereocenters. The van der Waals surface area contributed by atoms with E-state index in [1.807, 2.05) is 0 Å². The Hall–Kier alpha value is -1.67. The fourth-order valence-electron chi connectivity index (χ4n) is 2.04. The fraction of sp³-hybridized carbons (Fsp3) is 0.385. The number of esters is 1. The van der Waals surface area contributed by atoms with Crippen LogP contribution in [0.3, 0.4) is 0 Å². The number of ether oxygens (including phenoxy) is 1. The molecule has 22 heavy (non-hydrogen) atoms. The molecule has 0 radical (unpaired) electrons. The van der Waals surface area contributed by atoms with Crippen molar-refractivity contribution in [1.82, 2.24) is 5.32 Å². The molecule has 1 N–H and O–H groups in total. The van der Waals surface area contributed by atoms with Gasteiger partial charge >= 0.3 is 5.97 Å². The van der Waals surface area contributed by atoms with Crippen molar-refractivity contribution in [2.75, 3.05) is 18.1 Å². The molecule has 0 aromatic heterocycles. The average Bonchev–Trinajstić information content (AvgIpc) is 2.75. The van der Waals surface area contributed by atoms with E-state index in [0.717, 1.165) is 12.1 Å². The molecular weight excluding hydrogens is 337 g/mol. The molecule has 0 spiro atoms. The van der Waals surface area contributed by atoms with Crippen LogP contribution in [0.5, 0.6) is 0 Å². The third-order valence-electron chi connectivity index (χ3n) is 3.08. The molecule has 0 aliphatic carbocycles. The quantitative estimate of drug-likeness (QED) is 0.817. The van der Waals surface area contributed by atoms with E-state index in [1.54, 1.807) is 0 Å². The number of hydrogen-bond acceptors (Lipinski definition) is 5. The summed E-state index contributed by atoms with van der Waals surface area (Å²) < 4.78 is 40.7. The Balaban J connectivity index is 1.84. The Morgan fingerprint density at radius 2 is 2.14 bits per heavy atom. The maximum absolute atomic E-state index is 13.5. The molecule has 120 valence electrons. The smallest absolute Gasteiger partial charge is 0.341 e. The zero-order valence-electron chi connectivity index (χ0n) is 11.3. The van der Waals surface area contributed by atoms with E-state index in [4.69, 9.17) is 11.6 Å². The molecule has 9 heteroatoms. The highest BCUT2D eigenvalue weighted by molar-refractivity contribution is 7.91. The third kappa shape index (κ3) is 4.41. The highest BCUT2D eigenvalue weighted by Gasteiger charge is 2.29. The number of benzene rings is 1. The van der Waals surface area contributed by atoms with Crippen LogP contribution in [0, 0.1) is 5.82 Å². The predicted octanol–water partition coefficient (Wildman–Crippen LogP) is 0.939. The van der Waals surface area contributed by atoms with Crippen LogP contribution in [0.1, 0.15) is 16.8 Å². The summed E-state index contributed by atoms with van der Waals surface area (Å²) in [5.41, 5.74) is -0.333. The predicted molar refractivity (Wildman–Crippen MR) is 76.9 cm³/mol. The van der Waals surface area contributed by atoms with Gasteiger partial charge in [0.15, 0.2) is 16.4 Å². The summed E-state index contributed by atoms with van der Waals surface area (Å²) in [6.07, 6.45) is 0.327. The van der Waals surface area contributed by atoms with Gasteiger partial charge in [0.25, 0.3) is 5.91 Å². The Morgan fingerprint density at radius 3 is 2.73 bits per heavy atom. The normalized spacial score (nSPS) is 19.6. The number of amides is 1. The monoisotopic (exact) mass is 349 g/mol. The van der Waals surface area contributed by atoms with Crippen molar-refractivity contribution in [3.05, 3.63) is 34.6 Å². The van der Waals surface area contributed by atoms with E-state index in [1.165, 1.54) is 6.07 Å². The van der Waals surface area contributed by atoms with Crippen molar-refractivity contribution < 1.29 is 27.1 Å². The van der Waals surface area contributed by atoms with E-state index < -0.39 is 40.2 Å². The molecule has 2 rings (SSSR count). The minimum Gasteiger partial charge on any atom is -0.452 e. The van der Waals surface area contributed by atoms with Crippen molar-refractivity contribution in [3.63, 3.8) is 0 Å². The van der Waals surface area contributed by atoms with Gasteiger partial charge in [-0.3, -0.25) is 4.79 Å². The molecule has 1 aromatic carbocycles. The van der Waals surface area contributed by atoms with Gasteiger partial charge in [-0.25, -0.2) is 17.6 Å². The van der Waals surface area contributed by atoms with Gasteiger partial charge in [0, 0.05) is 11.1 Å². The topological polar surface area (TPSA) is 89.5 Å².